The Morgan fingerprint density at radius 3 is 2.61 bits per heavy atom. The van der Waals surface area contributed by atoms with Crippen LogP contribution in [0.25, 0.3) is 6.08 Å². The lowest BCUT2D eigenvalue weighted by Gasteiger charge is -2.23. The quantitative estimate of drug-likeness (QED) is 0.610. The molecule has 98 valence electrons. The Hall–Kier alpha value is -0.460. The van der Waals surface area contributed by atoms with Gasteiger partial charge in [0.25, 0.3) is 0 Å². The van der Waals surface area contributed by atoms with Crippen LogP contribution in [-0.2, 0) is 0 Å². The monoisotopic (exact) mass is 282 g/mol. The van der Waals surface area contributed by atoms with Crippen LogP contribution < -0.4 is 0 Å². The van der Waals surface area contributed by atoms with Gasteiger partial charge in [-0.15, -0.1) is 11.6 Å². The molecule has 0 radical (unpaired) electrons. The number of hydrogen-bond donors (Lipinski definition) is 0. The van der Waals surface area contributed by atoms with E-state index < -0.39 is 0 Å². The maximum absolute atomic E-state index is 6.14. The van der Waals surface area contributed by atoms with E-state index in [0.717, 1.165) is 5.02 Å². The third kappa shape index (κ3) is 3.52. The highest BCUT2D eigenvalue weighted by molar-refractivity contribution is 6.30. The first-order valence-electron chi connectivity index (χ1n) is 6.73. The van der Waals surface area contributed by atoms with Gasteiger partial charge in [-0.3, -0.25) is 0 Å². The van der Waals surface area contributed by atoms with Gasteiger partial charge in [-0.05, 0) is 48.9 Å². The van der Waals surface area contributed by atoms with Gasteiger partial charge in [0.1, 0.15) is 0 Å². The van der Waals surface area contributed by atoms with Crippen molar-refractivity contribution in [3.63, 3.8) is 0 Å². The number of allylic oxidation sites excluding steroid dienone is 1. The van der Waals surface area contributed by atoms with E-state index in [0.29, 0.717) is 11.8 Å². The lowest BCUT2D eigenvalue weighted by atomic mass is 9.83. The van der Waals surface area contributed by atoms with Crippen LogP contribution in [0.4, 0.5) is 0 Å². The summed E-state index contributed by atoms with van der Waals surface area (Å²) < 4.78 is 0. The van der Waals surface area contributed by atoms with Gasteiger partial charge in [0, 0.05) is 10.9 Å². The van der Waals surface area contributed by atoms with E-state index >= 15 is 0 Å². The molecular formula is C16H20Cl2. The number of benzene rings is 1. The summed E-state index contributed by atoms with van der Waals surface area (Å²) in [5, 5.41) is 0.801. The van der Waals surface area contributed by atoms with Gasteiger partial charge < -0.3 is 0 Å². The van der Waals surface area contributed by atoms with Crippen molar-refractivity contribution >= 4 is 29.3 Å². The Kier molecular flexibility index (Phi) is 5.14. The van der Waals surface area contributed by atoms with E-state index in [1.54, 1.807) is 0 Å². The molecule has 0 spiro atoms. The maximum Gasteiger partial charge on any atom is 0.0439 e. The summed E-state index contributed by atoms with van der Waals surface area (Å²) >= 11 is 12.1. The number of rotatable bonds is 3. The second-order valence-electron chi connectivity index (χ2n) is 5.19. The summed E-state index contributed by atoms with van der Waals surface area (Å²) in [5.74, 6) is 1.33. The Labute approximate surface area is 120 Å². The average Bonchev–Trinajstić information content (AvgIpc) is 2.39. The molecule has 2 rings (SSSR count). The Morgan fingerprint density at radius 1 is 1.28 bits per heavy atom. The minimum atomic E-state index is 0.646. The fourth-order valence-corrected chi connectivity index (χ4v) is 3.26. The van der Waals surface area contributed by atoms with Gasteiger partial charge in [-0.2, -0.15) is 0 Å². The SMILES string of the molecule is Cc1cc(Cl)ccc1/C=C(/CCl)C1CCCCC1. The second-order valence-corrected chi connectivity index (χ2v) is 5.89. The zero-order chi connectivity index (χ0) is 13.0. The smallest absolute Gasteiger partial charge is 0.0439 e. The first-order chi connectivity index (χ1) is 8.70. The molecule has 18 heavy (non-hydrogen) atoms. The van der Waals surface area contributed by atoms with Crippen LogP contribution in [0, 0.1) is 12.8 Å². The molecular weight excluding hydrogens is 263 g/mol. The molecule has 1 saturated carbocycles. The van der Waals surface area contributed by atoms with Crippen molar-refractivity contribution in [2.75, 3.05) is 5.88 Å². The minimum absolute atomic E-state index is 0.646. The van der Waals surface area contributed by atoms with Crippen molar-refractivity contribution in [1.82, 2.24) is 0 Å². The van der Waals surface area contributed by atoms with Crippen LogP contribution >= 0.6 is 23.2 Å². The molecule has 1 fully saturated rings. The van der Waals surface area contributed by atoms with E-state index in [9.17, 15) is 0 Å². The zero-order valence-corrected chi connectivity index (χ0v) is 12.4. The van der Waals surface area contributed by atoms with Crippen molar-refractivity contribution in [3.05, 3.63) is 39.9 Å². The molecule has 0 atom stereocenters. The van der Waals surface area contributed by atoms with Gasteiger partial charge in [-0.1, -0.05) is 48.6 Å². The Bertz CT molecular complexity index is 429. The molecule has 1 aliphatic carbocycles. The van der Waals surface area contributed by atoms with Gasteiger partial charge in [0.05, 0.1) is 0 Å². The fraction of sp³-hybridized carbons (Fsp3) is 0.500. The van der Waals surface area contributed by atoms with Gasteiger partial charge in [0.2, 0.25) is 0 Å². The molecule has 0 heterocycles. The highest BCUT2D eigenvalue weighted by Crippen LogP contribution is 2.32. The van der Waals surface area contributed by atoms with Gasteiger partial charge >= 0.3 is 0 Å². The van der Waals surface area contributed by atoms with E-state index in [-0.39, 0.29) is 0 Å². The summed E-state index contributed by atoms with van der Waals surface area (Å²) in [7, 11) is 0. The van der Waals surface area contributed by atoms with Crippen LogP contribution in [0.5, 0.6) is 0 Å². The zero-order valence-electron chi connectivity index (χ0n) is 10.9. The van der Waals surface area contributed by atoms with Crippen LogP contribution in [0.1, 0.15) is 43.2 Å². The van der Waals surface area contributed by atoms with E-state index in [1.807, 2.05) is 12.1 Å². The molecule has 1 aromatic carbocycles. The standard InChI is InChI=1S/C16H20Cl2/c1-12-9-16(18)8-7-14(12)10-15(11-17)13-5-3-2-4-6-13/h7-10,13H,2-6,11H2,1H3/b15-10-. The molecule has 1 aromatic rings. The van der Waals surface area contributed by atoms with E-state index in [4.69, 9.17) is 23.2 Å². The van der Waals surface area contributed by atoms with Crippen LogP contribution in [0.15, 0.2) is 23.8 Å². The predicted octanol–water partition coefficient (Wildman–Crippen LogP) is 5.85. The highest BCUT2D eigenvalue weighted by atomic mass is 35.5. The molecule has 0 amide bonds. The lowest BCUT2D eigenvalue weighted by molar-refractivity contribution is 0.405. The molecule has 0 aliphatic heterocycles. The molecule has 0 saturated heterocycles. The molecule has 1 aliphatic rings. The summed E-state index contributed by atoms with van der Waals surface area (Å²) in [5.41, 5.74) is 3.86. The number of halogens is 2. The molecule has 0 unspecified atom stereocenters. The fourth-order valence-electron chi connectivity index (χ4n) is 2.74. The summed E-state index contributed by atoms with van der Waals surface area (Å²) in [6.07, 6.45) is 8.94. The highest BCUT2D eigenvalue weighted by Gasteiger charge is 2.17. The van der Waals surface area contributed by atoms with E-state index in [2.05, 4.69) is 19.1 Å². The average molecular weight is 283 g/mol. The van der Waals surface area contributed by atoms with Crippen LogP contribution in [0.3, 0.4) is 0 Å². The van der Waals surface area contributed by atoms with Crippen LogP contribution in [0.2, 0.25) is 5.02 Å². The number of aryl methyl sites for hydroxylation is 1. The Morgan fingerprint density at radius 2 is 2.00 bits per heavy atom. The van der Waals surface area contributed by atoms with Crippen molar-refractivity contribution in [2.45, 2.75) is 39.0 Å². The van der Waals surface area contributed by atoms with Crippen LogP contribution in [-0.4, -0.2) is 5.88 Å². The first-order valence-corrected chi connectivity index (χ1v) is 7.64. The van der Waals surface area contributed by atoms with Crippen molar-refractivity contribution in [2.24, 2.45) is 5.92 Å². The summed E-state index contributed by atoms with van der Waals surface area (Å²) in [6.45, 7) is 2.10. The molecule has 2 heteroatoms. The Balaban J connectivity index is 2.22. The number of hydrogen-bond acceptors (Lipinski definition) is 0. The topological polar surface area (TPSA) is 0 Å². The van der Waals surface area contributed by atoms with Crippen molar-refractivity contribution in [1.29, 1.82) is 0 Å². The molecule has 0 bridgehead atoms. The number of alkyl halides is 1. The van der Waals surface area contributed by atoms with Crippen molar-refractivity contribution < 1.29 is 0 Å². The van der Waals surface area contributed by atoms with E-state index in [1.165, 1.54) is 48.8 Å². The summed E-state index contributed by atoms with van der Waals surface area (Å²) in [6, 6.07) is 6.06. The van der Waals surface area contributed by atoms with Crippen molar-refractivity contribution in [3.8, 4) is 0 Å². The van der Waals surface area contributed by atoms with Gasteiger partial charge in [-0.25, -0.2) is 0 Å². The normalized spacial score (nSPS) is 18.1. The second kappa shape index (κ2) is 6.63. The molecule has 0 aromatic heterocycles. The molecule has 0 N–H and O–H groups in total. The maximum atomic E-state index is 6.14. The molecule has 0 nitrogen and oxygen atoms in total. The minimum Gasteiger partial charge on any atom is -0.122 e. The first kappa shape index (κ1) is 14.0. The largest absolute Gasteiger partial charge is 0.122 e. The third-order valence-corrected chi connectivity index (χ3v) is 4.40. The third-order valence-electron chi connectivity index (χ3n) is 3.86. The lowest BCUT2D eigenvalue weighted by Crippen LogP contribution is -2.10. The predicted molar refractivity (Wildman–Crippen MR) is 81.5 cm³/mol. The van der Waals surface area contributed by atoms with Gasteiger partial charge in [0.15, 0.2) is 0 Å². The summed E-state index contributed by atoms with van der Waals surface area (Å²) in [4.78, 5) is 0.